The van der Waals surface area contributed by atoms with E-state index in [-0.39, 0.29) is 17.4 Å². The number of imide groups is 1. The summed E-state index contributed by atoms with van der Waals surface area (Å²) in [7, 11) is 0. The van der Waals surface area contributed by atoms with Gasteiger partial charge in [0.05, 0.1) is 4.99 Å². The Kier molecular flexibility index (Phi) is 4.04. The molecule has 5 nitrogen and oxygen atoms in total. The standard InChI is InChI=1S/C14H23N3O2S/c1-13(2,10(15)20)6-5-9-17-11(18)14(16-12(17)19)7-3-4-8-14/h3-9H2,1-2H3,(H2,15,20)(H,16,19). The molecule has 0 unspecified atom stereocenters. The molecule has 1 aliphatic carbocycles. The second-order valence-electron chi connectivity index (χ2n) is 6.53. The number of nitrogens with two attached hydrogens (primary N) is 1. The maximum Gasteiger partial charge on any atom is 0.325 e. The highest BCUT2D eigenvalue weighted by atomic mass is 32.1. The molecule has 1 heterocycles. The van der Waals surface area contributed by atoms with E-state index in [1.54, 1.807) is 0 Å². The van der Waals surface area contributed by atoms with Crippen LogP contribution in [0.1, 0.15) is 52.4 Å². The van der Waals surface area contributed by atoms with Crippen molar-refractivity contribution in [3.05, 3.63) is 0 Å². The van der Waals surface area contributed by atoms with Crippen LogP contribution in [0.5, 0.6) is 0 Å². The van der Waals surface area contributed by atoms with Crippen LogP contribution in [0.4, 0.5) is 4.79 Å². The molecule has 0 atom stereocenters. The minimum Gasteiger partial charge on any atom is -0.393 e. The highest BCUT2D eigenvalue weighted by Gasteiger charge is 2.52. The third-order valence-corrected chi connectivity index (χ3v) is 5.11. The van der Waals surface area contributed by atoms with Crippen molar-refractivity contribution in [2.45, 2.75) is 57.9 Å². The average molecular weight is 297 g/mol. The van der Waals surface area contributed by atoms with Gasteiger partial charge in [-0.3, -0.25) is 9.69 Å². The van der Waals surface area contributed by atoms with Gasteiger partial charge in [0.15, 0.2) is 0 Å². The number of thiocarbonyl (C=S) groups is 1. The van der Waals surface area contributed by atoms with Gasteiger partial charge in [-0.1, -0.05) is 38.9 Å². The molecule has 1 saturated carbocycles. The Bertz CT molecular complexity index is 442. The van der Waals surface area contributed by atoms with Gasteiger partial charge in [0.2, 0.25) is 0 Å². The van der Waals surface area contributed by atoms with Crippen molar-refractivity contribution in [2.75, 3.05) is 6.54 Å². The minimum absolute atomic E-state index is 0.0480. The molecule has 112 valence electrons. The van der Waals surface area contributed by atoms with Gasteiger partial charge >= 0.3 is 6.03 Å². The zero-order valence-electron chi connectivity index (χ0n) is 12.2. The van der Waals surface area contributed by atoms with Crippen LogP contribution in [-0.4, -0.2) is 33.9 Å². The quantitative estimate of drug-likeness (QED) is 0.601. The summed E-state index contributed by atoms with van der Waals surface area (Å²) in [5, 5.41) is 2.89. The molecule has 2 fully saturated rings. The molecule has 0 aromatic carbocycles. The predicted octanol–water partition coefficient (Wildman–Crippen LogP) is 1.94. The van der Waals surface area contributed by atoms with Crippen LogP contribution >= 0.6 is 12.2 Å². The molecule has 0 bridgehead atoms. The number of urea groups is 1. The summed E-state index contributed by atoms with van der Waals surface area (Å²) >= 11 is 5.03. The monoisotopic (exact) mass is 297 g/mol. The highest BCUT2D eigenvalue weighted by Crippen LogP contribution is 2.35. The Morgan fingerprint density at radius 3 is 2.55 bits per heavy atom. The molecule has 0 radical (unpaired) electrons. The second kappa shape index (κ2) is 5.31. The molecule has 1 spiro atoms. The van der Waals surface area contributed by atoms with Crippen LogP contribution in [0.3, 0.4) is 0 Å². The van der Waals surface area contributed by atoms with E-state index in [4.69, 9.17) is 18.0 Å². The fourth-order valence-corrected chi connectivity index (χ4v) is 3.10. The lowest BCUT2D eigenvalue weighted by Gasteiger charge is -2.24. The summed E-state index contributed by atoms with van der Waals surface area (Å²) in [6.07, 6.45) is 5.05. The lowest BCUT2D eigenvalue weighted by molar-refractivity contribution is -0.131. The molecular formula is C14H23N3O2S. The van der Waals surface area contributed by atoms with E-state index in [0.717, 1.165) is 38.5 Å². The first-order chi connectivity index (χ1) is 9.28. The Labute approximate surface area is 125 Å². The third-order valence-electron chi connectivity index (χ3n) is 4.55. The minimum atomic E-state index is -0.601. The van der Waals surface area contributed by atoms with Crippen LogP contribution in [0.25, 0.3) is 0 Å². The van der Waals surface area contributed by atoms with Crippen LogP contribution in [0.2, 0.25) is 0 Å². The summed E-state index contributed by atoms with van der Waals surface area (Å²) in [6, 6.07) is -0.245. The van der Waals surface area contributed by atoms with E-state index < -0.39 is 5.54 Å². The van der Waals surface area contributed by atoms with E-state index in [1.807, 2.05) is 13.8 Å². The summed E-state index contributed by atoms with van der Waals surface area (Å²) in [5.74, 6) is -0.0480. The maximum absolute atomic E-state index is 12.4. The van der Waals surface area contributed by atoms with Crippen molar-refractivity contribution in [1.29, 1.82) is 0 Å². The smallest absolute Gasteiger partial charge is 0.325 e. The normalized spacial score (nSPS) is 21.6. The first-order valence-electron chi connectivity index (χ1n) is 7.23. The molecule has 3 N–H and O–H groups in total. The Morgan fingerprint density at radius 1 is 1.40 bits per heavy atom. The predicted molar refractivity (Wildman–Crippen MR) is 81.2 cm³/mol. The number of carbonyl (C=O) groups excluding carboxylic acids is 2. The van der Waals surface area contributed by atoms with E-state index in [2.05, 4.69) is 5.32 Å². The van der Waals surface area contributed by atoms with Gasteiger partial charge in [0.25, 0.3) is 5.91 Å². The SMILES string of the molecule is CC(C)(CCCN1C(=O)NC2(CCCC2)C1=O)C(N)=S. The topological polar surface area (TPSA) is 75.4 Å². The number of carbonyl (C=O) groups is 2. The fourth-order valence-electron chi connectivity index (χ4n) is 3.00. The Morgan fingerprint density at radius 2 is 2.00 bits per heavy atom. The average Bonchev–Trinajstić information content (AvgIpc) is 2.90. The molecule has 1 aliphatic heterocycles. The van der Waals surface area contributed by atoms with E-state index in [1.165, 1.54) is 4.90 Å². The van der Waals surface area contributed by atoms with Crippen molar-refractivity contribution in [3.63, 3.8) is 0 Å². The van der Waals surface area contributed by atoms with Gasteiger partial charge in [0.1, 0.15) is 5.54 Å². The summed E-state index contributed by atoms with van der Waals surface area (Å²) < 4.78 is 0. The zero-order chi connectivity index (χ0) is 15.0. The van der Waals surface area contributed by atoms with Gasteiger partial charge in [0, 0.05) is 12.0 Å². The molecule has 0 aromatic heterocycles. The molecule has 2 rings (SSSR count). The maximum atomic E-state index is 12.4. The number of hydrogen-bond acceptors (Lipinski definition) is 3. The number of rotatable bonds is 5. The Balaban J connectivity index is 1.92. The van der Waals surface area contributed by atoms with Crippen molar-refractivity contribution in [2.24, 2.45) is 11.1 Å². The van der Waals surface area contributed by atoms with Gasteiger partial charge in [-0.05, 0) is 25.7 Å². The van der Waals surface area contributed by atoms with E-state index in [9.17, 15) is 9.59 Å². The van der Waals surface area contributed by atoms with Crippen molar-refractivity contribution >= 4 is 29.1 Å². The molecule has 6 heteroatoms. The molecule has 0 aromatic rings. The van der Waals surface area contributed by atoms with Gasteiger partial charge in [-0.15, -0.1) is 0 Å². The molecule has 3 amide bonds. The van der Waals surface area contributed by atoms with Gasteiger partial charge in [-0.2, -0.15) is 0 Å². The van der Waals surface area contributed by atoms with Crippen LogP contribution in [0.15, 0.2) is 0 Å². The van der Waals surface area contributed by atoms with Crippen molar-refractivity contribution in [1.82, 2.24) is 10.2 Å². The van der Waals surface area contributed by atoms with Crippen LogP contribution in [0, 0.1) is 5.41 Å². The molecule has 1 saturated heterocycles. The number of hydrogen-bond donors (Lipinski definition) is 2. The lowest BCUT2D eigenvalue weighted by Crippen LogP contribution is -2.44. The van der Waals surface area contributed by atoms with Crippen molar-refractivity contribution in [3.8, 4) is 0 Å². The lowest BCUT2D eigenvalue weighted by atomic mass is 9.88. The number of amides is 3. The first-order valence-corrected chi connectivity index (χ1v) is 7.63. The summed E-state index contributed by atoms with van der Waals surface area (Å²) in [5.41, 5.74) is 4.85. The van der Waals surface area contributed by atoms with Crippen LogP contribution in [-0.2, 0) is 4.79 Å². The van der Waals surface area contributed by atoms with Crippen molar-refractivity contribution < 1.29 is 9.59 Å². The zero-order valence-corrected chi connectivity index (χ0v) is 13.0. The number of nitrogens with zero attached hydrogens (tertiary/aromatic N) is 1. The van der Waals surface area contributed by atoms with Crippen LogP contribution < -0.4 is 11.1 Å². The molecule has 2 aliphatic rings. The highest BCUT2D eigenvalue weighted by molar-refractivity contribution is 7.80. The van der Waals surface area contributed by atoms with E-state index in [0.29, 0.717) is 11.5 Å². The van der Waals surface area contributed by atoms with Gasteiger partial charge < -0.3 is 11.1 Å². The largest absolute Gasteiger partial charge is 0.393 e. The first kappa shape index (κ1) is 15.2. The van der Waals surface area contributed by atoms with E-state index >= 15 is 0 Å². The third kappa shape index (κ3) is 2.66. The fraction of sp³-hybridized carbons (Fsp3) is 0.786. The molecular weight excluding hydrogens is 274 g/mol. The Hall–Kier alpha value is -1.17. The summed E-state index contributed by atoms with van der Waals surface area (Å²) in [4.78, 5) is 26.2. The number of nitrogens with one attached hydrogen (secondary N) is 1. The molecule has 20 heavy (non-hydrogen) atoms. The summed E-state index contributed by atoms with van der Waals surface area (Å²) in [6.45, 7) is 4.41. The second-order valence-corrected chi connectivity index (χ2v) is 6.97. The van der Waals surface area contributed by atoms with Gasteiger partial charge in [-0.25, -0.2) is 4.79 Å².